The number of benzene rings is 1. The van der Waals surface area contributed by atoms with Crippen molar-refractivity contribution in [1.29, 1.82) is 0 Å². The lowest BCUT2D eigenvalue weighted by atomic mass is 10.3. The Kier molecular flexibility index (Phi) is 4.62. The van der Waals surface area contributed by atoms with Crippen LogP contribution in [0.2, 0.25) is 5.02 Å². The van der Waals surface area contributed by atoms with E-state index in [1.807, 2.05) is 6.92 Å². The van der Waals surface area contributed by atoms with Gasteiger partial charge in [0.15, 0.2) is 9.84 Å². The van der Waals surface area contributed by atoms with Crippen molar-refractivity contribution in [3.63, 3.8) is 0 Å². The van der Waals surface area contributed by atoms with Crippen molar-refractivity contribution in [2.45, 2.75) is 31.1 Å². The van der Waals surface area contributed by atoms with E-state index in [1.54, 1.807) is 6.07 Å². The fourth-order valence-electron chi connectivity index (χ4n) is 1.42. The van der Waals surface area contributed by atoms with Crippen LogP contribution in [-0.2, 0) is 9.84 Å². The molecule has 0 fully saturated rings. The lowest BCUT2D eigenvalue weighted by Crippen LogP contribution is -2.07. The van der Waals surface area contributed by atoms with Gasteiger partial charge in [0.1, 0.15) is 0 Å². The number of nitrogens with two attached hydrogens (primary N) is 1. The molecule has 0 bridgehead atoms. The highest BCUT2D eigenvalue weighted by atomic mass is 35.5. The lowest BCUT2D eigenvalue weighted by Gasteiger charge is -2.06. The first-order valence-corrected chi connectivity index (χ1v) is 7.28. The number of halogens is 1. The van der Waals surface area contributed by atoms with E-state index in [4.69, 9.17) is 17.3 Å². The Morgan fingerprint density at radius 3 is 2.56 bits per heavy atom. The van der Waals surface area contributed by atoms with Gasteiger partial charge in [-0.3, -0.25) is 0 Å². The van der Waals surface area contributed by atoms with Crippen LogP contribution < -0.4 is 5.73 Å². The Labute approximate surface area is 102 Å². The Balaban J connectivity index is 2.90. The Morgan fingerprint density at radius 1 is 1.31 bits per heavy atom. The van der Waals surface area contributed by atoms with Gasteiger partial charge in [-0.25, -0.2) is 8.42 Å². The first-order valence-electron chi connectivity index (χ1n) is 5.25. The third-order valence-electron chi connectivity index (χ3n) is 2.31. The van der Waals surface area contributed by atoms with Gasteiger partial charge in [0, 0.05) is 5.69 Å². The van der Waals surface area contributed by atoms with Gasteiger partial charge in [-0.05, 0) is 24.6 Å². The van der Waals surface area contributed by atoms with Gasteiger partial charge in [-0.1, -0.05) is 31.4 Å². The predicted octanol–water partition coefficient (Wildman–Crippen LogP) is 2.89. The molecule has 0 aliphatic rings. The summed E-state index contributed by atoms with van der Waals surface area (Å²) in [6.45, 7) is 2.03. The minimum Gasteiger partial charge on any atom is -0.399 e. The number of hydrogen-bond donors (Lipinski definition) is 1. The van der Waals surface area contributed by atoms with E-state index in [2.05, 4.69) is 0 Å². The molecule has 2 N–H and O–H groups in total. The molecule has 0 aromatic heterocycles. The van der Waals surface area contributed by atoms with Crippen molar-refractivity contribution in [2.75, 3.05) is 11.5 Å². The summed E-state index contributed by atoms with van der Waals surface area (Å²) in [6.07, 6.45) is 2.57. The molecule has 0 saturated heterocycles. The summed E-state index contributed by atoms with van der Waals surface area (Å²) in [5.41, 5.74) is 5.98. The van der Waals surface area contributed by atoms with E-state index in [0.717, 1.165) is 12.8 Å². The van der Waals surface area contributed by atoms with Gasteiger partial charge in [-0.2, -0.15) is 0 Å². The van der Waals surface area contributed by atoms with Crippen LogP contribution in [0.4, 0.5) is 5.69 Å². The largest absolute Gasteiger partial charge is 0.399 e. The average molecular weight is 262 g/mol. The van der Waals surface area contributed by atoms with E-state index in [1.165, 1.54) is 12.1 Å². The molecular weight excluding hydrogens is 246 g/mol. The highest BCUT2D eigenvalue weighted by Crippen LogP contribution is 2.25. The van der Waals surface area contributed by atoms with Crippen LogP contribution in [0.5, 0.6) is 0 Å². The quantitative estimate of drug-likeness (QED) is 0.655. The molecule has 90 valence electrons. The van der Waals surface area contributed by atoms with Crippen molar-refractivity contribution in [2.24, 2.45) is 0 Å². The number of sulfone groups is 1. The second-order valence-corrected chi connectivity index (χ2v) is 6.20. The van der Waals surface area contributed by atoms with Crippen molar-refractivity contribution in [3.05, 3.63) is 23.2 Å². The van der Waals surface area contributed by atoms with Gasteiger partial charge >= 0.3 is 0 Å². The smallest absolute Gasteiger partial charge is 0.179 e. The standard InChI is InChI=1S/C11H16ClNO2S/c1-2-3-4-7-16(14,15)11-6-5-9(13)8-10(11)12/h5-6,8H,2-4,7,13H2,1H3. The van der Waals surface area contributed by atoms with Crippen molar-refractivity contribution in [1.82, 2.24) is 0 Å². The molecule has 0 atom stereocenters. The van der Waals surface area contributed by atoms with Gasteiger partial charge in [0.2, 0.25) is 0 Å². The zero-order valence-corrected chi connectivity index (χ0v) is 10.8. The topological polar surface area (TPSA) is 60.2 Å². The normalized spacial score (nSPS) is 11.6. The Hall–Kier alpha value is -0.740. The molecule has 0 amide bonds. The van der Waals surface area contributed by atoms with E-state index < -0.39 is 9.84 Å². The van der Waals surface area contributed by atoms with E-state index in [9.17, 15) is 8.42 Å². The zero-order valence-electron chi connectivity index (χ0n) is 9.24. The number of nitrogen functional groups attached to an aromatic ring is 1. The summed E-state index contributed by atoms with van der Waals surface area (Å²) in [4.78, 5) is 0.180. The molecule has 5 heteroatoms. The Bertz CT molecular complexity index is 457. The molecular formula is C11H16ClNO2S. The number of hydrogen-bond acceptors (Lipinski definition) is 3. The van der Waals surface area contributed by atoms with Crippen LogP contribution in [0, 0.1) is 0 Å². The van der Waals surface area contributed by atoms with Crippen molar-refractivity contribution >= 4 is 27.1 Å². The number of unbranched alkanes of at least 4 members (excludes halogenated alkanes) is 2. The fourth-order valence-corrected chi connectivity index (χ4v) is 3.40. The van der Waals surface area contributed by atoms with Crippen molar-refractivity contribution < 1.29 is 8.42 Å². The molecule has 0 radical (unpaired) electrons. The van der Waals surface area contributed by atoms with Crippen LogP contribution >= 0.6 is 11.6 Å². The number of anilines is 1. The monoisotopic (exact) mass is 261 g/mol. The predicted molar refractivity (Wildman–Crippen MR) is 67.4 cm³/mol. The third kappa shape index (κ3) is 3.39. The summed E-state index contributed by atoms with van der Waals surface area (Å²) in [5.74, 6) is 0.143. The molecule has 0 spiro atoms. The summed E-state index contributed by atoms with van der Waals surface area (Å²) < 4.78 is 23.8. The maximum atomic E-state index is 11.9. The lowest BCUT2D eigenvalue weighted by molar-refractivity contribution is 0.591. The Morgan fingerprint density at radius 2 is 2.00 bits per heavy atom. The minimum atomic E-state index is -3.27. The summed E-state index contributed by atoms with van der Waals surface area (Å²) in [5, 5.41) is 0.205. The van der Waals surface area contributed by atoms with Crippen LogP contribution in [-0.4, -0.2) is 14.2 Å². The van der Waals surface area contributed by atoms with E-state index in [-0.39, 0.29) is 15.7 Å². The van der Waals surface area contributed by atoms with Crippen molar-refractivity contribution in [3.8, 4) is 0 Å². The molecule has 3 nitrogen and oxygen atoms in total. The summed E-state index contributed by atoms with van der Waals surface area (Å²) in [7, 11) is -3.27. The van der Waals surface area contributed by atoms with Crippen LogP contribution in [0.3, 0.4) is 0 Å². The molecule has 0 saturated carbocycles. The first-order chi connectivity index (χ1) is 7.47. The maximum absolute atomic E-state index is 11.9. The second kappa shape index (κ2) is 5.55. The minimum absolute atomic E-state index is 0.143. The number of rotatable bonds is 5. The molecule has 0 unspecified atom stereocenters. The maximum Gasteiger partial charge on any atom is 0.179 e. The fraction of sp³-hybridized carbons (Fsp3) is 0.455. The highest BCUT2D eigenvalue weighted by Gasteiger charge is 2.17. The molecule has 1 rings (SSSR count). The van der Waals surface area contributed by atoms with Gasteiger partial charge in [0.05, 0.1) is 15.7 Å². The second-order valence-electron chi connectivity index (χ2n) is 3.72. The summed E-state index contributed by atoms with van der Waals surface area (Å²) >= 11 is 5.87. The molecule has 0 heterocycles. The molecule has 16 heavy (non-hydrogen) atoms. The van der Waals surface area contributed by atoms with Gasteiger partial charge in [0.25, 0.3) is 0 Å². The molecule has 0 aliphatic carbocycles. The van der Waals surface area contributed by atoms with Gasteiger partial charge < -0.3 is 5.73 Å². The van der Waals surface area contributed by atoms with Crippen LogP contribution in [0.25, 0.3) is 0 Å². The van der Waals surface area contributed by atoms with E-state index in [0.29, 0.717) is 12.1 Å². The highest BCUT2D eigenvalue weighted by molar-refractivity contribution is 7.91. The van der Waals surface area contributed by atoms with Crippen LogP contribution in [0.15, 0.2) is 23.1 Å². The SMILES string of the molecule is CCCCCS(=O)(=O)c1ccc(N)cc1Cl. The third-order valence-corrected chi connectivity index (χ3v) is 4.58. The molecule has 1 aromatic rings. The van der Waals surface area contributed by atoms with Gasteiger partial charge in [-0.15, -0.1) is 0 Å². The molecule has 1 aromatic carbocycles. The van der Waals surface area contributed by atoms with Crippen LogP contribution in [0.1, 0.15) is 26.2 Å². The molecule has 0 aliphatic heterocycles. The average Bonchev–Trinajstić information content (AvgIpc) is 2.17. The zero-order chi connectivity index (χ0) is 12.2. The summed E-state index contributed by atoms with van der Waals surface area (Å²) in [6, 6.07) is 4.49. The first kappa shape index (κ1) is 13.3. The van der Waals surface area contributed by atoms with E-state index >= 15 is 0 Å².